The van der Waals surface area contributed by atoms with Crippen LogP contribution in [-0.4, -0.2) is 70.0 Å². The first-order valence-corrected chi connectivity index (χ1v) is 9.74. The third-order valence-corrected chi connectivity index (χ3v) is 5.33. The molecule has 32 heavy (non-hydrogen) atoms. The largest absolute Gasteiger partial charge is 0.507 e. The van der Waals surface area contributed by atoms with E-state index in [0.717, 1.165) is 6.07 Å². The summed E-state index contributed by atoms with van der Waals surface area (Å²) in [5.41, 5.74) is 0.362. The Morgan fingerprint density at radius 3 is 2.38 bits per heavy atom. The van der Waals surface area contributed by atoms with Gasteiger partial charge in [-0.3, -0.25) is 4.79 Å². The van der Waals surface area contributed by atoms with Gasteiger partial charge < -0.3 is 44.2 Å². The summed E-state index contributed by atoms with van der Waals surface area (Å²) in [5, 5.41) is 49.6. The zero-order valence-corrected chi connectivity index (χ0v) is 16.9. The summed E-state index contributed by atoms with van der Waals surface area (Å²) in [5.74, 6) is 0.169. The van der Waals surface area contributed by atoms with Crippen molar-refractivity contribution in [1.29, 1.82) is 0 Å². The predicted octanol–water partition coefficient (Wildman–Crippen LogP) is 0.353. The Bertz CT molecular complexity index is 1150. The third-order valence-electron chi connectivity index (χ3n) is 5.33. The average Bonchev–Trinajstić information content (AvgIpc) is 2.79. The van der Waals surface area contributed by atoms with Crippen LogP contribution in [0.5, 0.6) is 17.2 Å². The van der Waals surface area contributed by atoms with Crippen molar-refractivity contribution in [2.45, 2.75) is 30.7 Å². The number of ether oxygens (including phenoxy) is 3. The second-order valence-electron chi connectivity index (χ2n) is 7.34. The summed E-state index contributed by atoms with van der Waals surface area (Å²) >= 11 is 0. The van der Waals surface area contributed by atoms with Crippen LogP contribution in [-0.2, 0) is 4.74 Å². The van der Waals surface area contributed by atoms with Crippen LogP contribution in [0.4, 0.5) is 0 Å². The van der Waals surface area contributed by atoms with E-state index in [1.807, 2.05) is 0 Å². The molecular weight excluding hydrogens is 424 g/mol. The molecule has 5 atom stereocenters. The van der Waals surface area contributed by atoms with E-state index < -0.39 is 48.5 Å². The summed E-state index contributed by atoms with van der Waals surface area (Å²) in [4.78, 5) is 13.0. The maximum absolute atomic E-state index is 13.0. The molecule has 0 saturated carbocycles. The minimum absolute atomic E-state index is 0.0202. The molecule has 0 radical (unpaired) electrons. The maximum atomic E-state index is 13.0. The summed E-state index contributed by atoms with van der Waals surface area (Å²) in [6.07, 6.45) is -6.14. The molecule has 10 heteroatoms. The van der Waals surface area contributed by atoms with Crippen molar-refractivity contribution in [3.8, 4) is 28.4 Å². The summed E-state index contributed by atoms with van der Waals surface area (Å²) in [6, 6.07) is 9.20. The molecule has 1 aliphatic heterocycles. The molecule has 3 aromatic rings. The molecule has 1 aliphatic rings. The molecule has 2 heterocycles. The number of phenols is 1. The monoisotopic (exact) mass is 446 g/mol. The molecule has 4 rings (SSSR count). The minimum Gasteiger partial charge on any atom is -0.507 e. The number of methoxy groups -OCH3 is 1. The van der Waals surface area contributed by atoms with Crippen LogP contribution in [0.1, 0.15) is 0 Å². The van der Waals surface area contributed by atoms with Gasteiger partial charge in [0, 0.05) is 12.1 Å². The standard InChI is InChI=1S/C22H22O10/c1-29-11-4-2-10(3-5-11)13-9-30-15-7-12(6-14(24)17(15)18(13)25)31-22-21(28)20(27)19(26)16(8-23)32-22/h2-7,9,16,19-24,26-28H,8H2,1H3/t16-,19-,20+,21-,22?/m1/s1. The lowest BCUT2D eigenvalue weighted by Crippen LogP contribution is -2.60. The molecule has 0 spiro atoms. The molecule has 0 aliphatic carbocycles. The lowest BCUT2D eigenvalue weighted by molar-refractivity contribution is -0.277. The SMILES string of the molecule is COc1ccc(-c2coc3cc(OC4O[C@H](CO)[C@@H](O)[C@H](O)[C@H]4O)cc(O)c3c2=O)cc1. The highest BCUT2D eigenvalue weighted by Crippen LogP contribution is 2.32. The molecule has 10 nitrogen and oxygen atoms in total. The average molecular weight is 446 g/mol. The number of phenolic OH excluding ortho intramolecular Hbond substituents is 1. The molecular formula is C22H22O10. The Morgan fingerprint density at radius 1 is 1.00 bits per heavy atom. The van der Waals surface area contributed by atoms with Gasteiger partial charge in [-0.2, -0.15) is 0 Å². The van der Waals surface area contributed by atoms with Crippen molar-refractivity contribution in [2.75, 3.05) is 13.7 Å². The first kappa shape index (κ1) is 22.1. The zero-order valence-electron chi connectivity index (χ0n) is 16.9. The van der Waals surface area contributed by atoms with Crippen LogP contribution in [0.3, 0.4) is 0 Å². The van der Waals surface area contributed by atoms with Crippen LogP contribution in [0.15, 0.2) is 51.9 Å². The summed E-state index contributed by atoms with van der Waals surface area (Å²) < 4.78 is 21.4. The Morgan fingerprint density at radius 2 is 1.72 bits per heavy atom. The fraction of sp³-hybridized carbons (Fsp3) is 0.318. The number of aliphatic hydroxyl groups excluding tert-OH is 4. The van der Waals surface area contributed by atoms with Crippen molar-refractivity contribution in [3.05, 3.63) is 52.9 Å². The van der Waals surface area contributed by atoms with Gasteiger partial charge in [0.1, 0.15) is 58.9 Å². The number of fused-ring (bicyclic) bond motifs is 1. The molecule has 170 valence electrons. The van der Waals surface area contributed by atoms with Gasteiger partial charge in [-0.15, -0.1) is 0 Å². The topological polar surface area (TPSA) is 159 Å². The van der Waals surface area contributed by atoms with E-state index in [1.165, 1.54) is 19.4 Å². The van der Waals surface area contributed by atoms with Gasteiger partial charge in [0.05, 0.1) is 19.3 Å². The van der Waals surface area contributed by atoms with Gasteiger partial charge in [-0.25, -0.2) is 0 Å². The Hall–Kier alpha value is -3.15. The van der Waals surface area contributed by atoms with Gasteiger partial charge in [0.2, 0.25) is 11.7 Å². The molecule has 0 amide bonds. The van der Waals surface area contributed by atoms with Gasteiger partial charge in [0.15, 0.2) is 0 Å². The van der Waals surface area contributed by atoms with Crippen LogP contribution in [0, 0.1) is 0 Å². The van der Waals surface area contributed by atoms with Crippen LogP contribution in [0.25, 0.3) is 22.1 Å². The first-order chi connectivity index (χ1) is 15.3. The lowest BCUT2D eigenvalue weighted by Gasteiger charge is -2.39. The second-order valence-corrected chi connectivity index (χ2v) is 7.34. The van der Waals surface area contributed by atoms with E-state index >= 15 is 0 Å². The molecule has 1 unspecified atom stereocenters. The highest BCUT2D eigenvalue weighted by atomic mass is 16.7. The van der Waals surface area contributed by atoms with Gasteiger partial charge in [-0.1, -0.05) is 12.1 Å². The number of aliphatic hydroxyl groups is 4. The highest BCUT2D eigenvalue weighted by Gasteiger charge is 2.44. The summed E-state index contributed by atoms with van der Waals surface area (Å²) in [7, 11) is 1.53. The zero-order chi connectivity index (χ0) is 23.0. The van der Waals surface area contributed by atoms with Crippen LogP contribution in [0.2, 0.25) is 0 Å². The molecule has 0 bridgehead atoms. The van der Waals surface area contributed by atoms with Gasteiger partial charge in [-0.05, 0) is 17.7 Å². The number of hydrogen-bond acceptors (Lipinski definition) is 10. The third kappa shape index (κ3) is 3.90. The van der Waals surface area contributed by atoms with Crippen LogP contribution < -0.4 is 14.9 Å². The molecule has 1 fully saturated rings. The van der Waals surface area contributed by atoms with E-state index in [-0.39, 0.29) is 22.3 Å². The normalized spacial score (nSPS) is 25.6. The van der Waals surface area contributed by atoms with Crippen LogP contribution >= 0.6 is 0 Å². The fourth-order valence-electron chi connectivity index (χ4n) is 3.54. The van der Waals surface area contributed by atoms with Crippen molar-refractivity contribution in [1.82, 2.24) is 0 Å². The van der Waals surface area contributed by atoms with Gasteiger partial charge >= 0.3 is 0 Å². The minimum atomic E-state index is -1.63. The first-order valence-electron chi connectivity index (χ1n) is 9.74. The lowest BCUT2D eigenvalue weighted by atomic mass is 9.99. The quantitative estimate of drug-likeness (QED) is 0.370. The van der Waals surface area contributed by atoms with E-state index in [0.29, 0.717) is 11.3 Å². The van der Waals surface area contributed by atoms with Crippen molar-refractivity contribution < 1.29 is 44.2 Å². The van der Waals surface area contributed by atoms with E-state index in [2.05, 4.69) is 0 Å². The molecule has 1 saturated heterocycles. The maximum Gasteiger partial charge on any atom is 0.229 e. The summed E-state index contributed by atoms with van der Waals surface area (Å²) in [6.45, 7) is -0.614. The number of hydrogen-bond donors (Lipinski definition) is 5. The predicted molar refractivity (Wildman–Crippen MR) is 111 cm³/mol. The number of rotatable bonds is 5. The number of aromatic hydroxyl groups is 1. The van der Waals surface area contributed by atoms with E-state index in [1.54, 1.807) is 24.3 Å². The second kappa shape index (κ2) is 8.77. The van der Waals surface area contributed by atoms with E-state index in [4.69, 9.17) is 18.6 Å². The van der Waals surface area contributed by atoms with Gasteiger partial charge in [0.25, 0.3) is 0 Å². The van der Waals surface area contributed by atoms with Crippen molar-refractivity contribution in [3.63, 3.8) is 0 Å². The Kier molecular flexibility index (Phi) is 6.04. The fourth-order valence-corrected chi connectivity index (χ4v) is 3.54. The smallest absolute Gasteiger partial charge is 0.229 e. The van der Waals surface area contributed by atoms with Crippen molar-refractivity contribution >= 4 is 11.0 Å². The Labute approximate surface area is 181 Å². The Balaban J connectivity index is 1.66. The van der Waals surface area contributed by atoms with Crippen molar-refractivity contribution in [2.24, 2.45) is 0 Å². The molecule has 5 N–H and O–H groups in total. The molecule has 2 aromatic carbocycles. The van der Waals surface area contributed by atoms with E-state index in [9.17, 15) is 30.3 Å². The highest BCUT2D eigenvalue weighted by molar-refractivity contribution is 5.88. The number of benzene rings is 2. The molecule has 1 aromatic heterocycles.